The third kappa shape index (κ3) is 9.50. The zero-order valence-electron chi connectivity index (χ0n) is 15.1. The number of aromatic amines is 1. The van der Waals surface area contributed by atoms with Crippen molar-refractivity contribution in [2.45, 2.75) is 58.5 Å². The third-order valence-corrected chi connectivity index (χ3v) is 4.36. The Morgan fingerprint density at radius 1 is 1.35 bits per heavy atom. The number of rotatable bonds is 7. The van der Waals surface area contributed by atoms with E-state index in [1.54, 1.807) is 18.7 Å². The number of nitrogen functional groups attached to an aromatic ring is 1. The van der Waals surface area contributed by atoms with Crippen LogP contribution in [0.3, 0.4) is 0 Å². The molecule has 0 aliphatic heterocycles. The van der Waals surface area contributed by atoms with Crippen LogP contribution in [-0.4, -0.2) is 38.7 Å². The Balaban J connectivity index is 0.000000515. The molecule has 23 heavy (non-hydrogen) atoms. The molecule has 0 fully saturated rings. The van der Waals surface area contributed by atoms with Crippen molar-refractivity contribution in [1.82, 2.24) is 9.97 Å². The van der Waals surface area contributed by atoms with Crippen molar-refractivity contribution < 1.29 is 5.11 Å². The summed E-state index contributed by atoms with van der Waals surface area (Å²) in [6.45, 7) is 13.4. The molecule has 1 aromatic rings. The monoisotopic (exact) mass is 344 g/mol. The molecule has 1 aromatic heterocycles. The van der Waals surface area contributed by atoms with E-state index in [0.717, 1.165) is 13.0 Å². The predicted molar refractivity (Wildman–Crippen MR) is 101 cm³/mol. The van der Waals surface area contributed by atoms with Crippen LogP contribution in [0.25, 0.3) is 0 Å². The van der Waals surface area contributed by atoms with E-state index in [0.29, 0.717) is 34.4 Å². The molecule has 0 aliphatic rings. The minimum Gasteiger partial charge on any atom is -0.395 e. The van der Waals surface area contributed by atoms with Crippen molar-refractivity contribution in [1.29, 1.82) is 0 Å². The van der Waals surface area contributed by atoms with E-state index in [-0.39, 0.29) is 11.5 Å². The zero-order chi connectivity index (χ0) is 18.0. The molecule has 0 saturated heterocycles. The topological polar surface area (TPSA) is 104 Å². The van der Waals surface area contributed by atoms with Gasteiger partial charge in [-0.15, -0.1) is 0 Å². The minimum atomic E-state index is -0.205. The van der Waals surface area contributed by atoms with Crippen LogP contribution in [0.5, 0.6) is 0 Å². The maximum absolute atomic E-state index is 11.5. The first-order valence-corrected chi connectivity index (χ1v) is 9.02. The standard InChI is InChI=1S/C10H18N4O.C6H14OS/c1-4-6(2)5-12-8-7(3)13-10(11)14-9(8)15;1-5(2)8-6(3)4-7/h6,12H,4-5H2,1-3H3,(H3,11,13,14,15);5-7H,4H2,1-3H3. The van der Waals surface area contributed by atoms with Crippen molar-refractivity contribution >= 4 is 23.4 Å². The van der Waals surface area contributed by atoms with Gasteiger partial charge in [0.25, 0.3) is 5.56 Å². The van der Waals surface area contributed by atoms with E-state index in [4.69, 9.17) is 10.8 Å². The van der Waals surface area contributed by atoms with Gasteiger partial charge in [-0.25, -0.2) is 4.98 Å². The molecule has 6 nitrogen and oxygen atoms in total. The van der Waals surface area contributed by atoms with Gasteiger partial charge in [0.05, 0.1) is 12.3 Å². The van der Waals surface area contributed by atoms with E-state index in [2.05, 4.69) is 43.0 Å². The molecule has 2 unspecified atom stereocenters. The van der Waals surface area contributed by atoms with E-state index < -0.39 is 0 Å². The Morgan fingerprint density at radius 3 is 2.35 bits per heavy atom. The smallest absolute Gasteiger partial charge is 0.275 e. The number of aliphatic hydroxyl groups is 1. The van der Waals surface area contributed by atoms with Crippen LogP contribution < -0.4 is 16.6 Å². The molecule has 0 radical (unpaired) electrons. The fourth-order valence-corrected chi connectivity index (χ4v) is 2.76. The summed E-state index contributed by atoms with van der Waals surface area (Å²) in [6.07, 6.45) is 1.08. The lowest BCUT2D eigenvalue weighted by atomic mass is 10.1. The predicted octanol–water partition coefficient (Wildman–Crippen LogP) is 2.63. The number of hydrogen-bond acceptors (Lipinski definition) is 6. The average Bonchev–Trinajstić information content (AvgIpc) is 2.45. The fourth-order valence-electron chi connectivity index (χ4n) is 1.74. The van der Waals surface area contributed by atoms with Crippen molar-refractivity contribution in [3.05, 3.63) is 16.0 Å². The van der Waals surface area contributed by atoms with Crippen molar-refractivity contribution in [2.75, 3.05) is 24.2 Å². The number of anilines is 2. The van der Waals surface area contributed by atoms with Crippen LogP contribution in [0.1, 0.15) is 46.7 Å². The maximum Gasteiger partial charge on any atom is 0.275 e. The van der Waals surface area contributed by atoms with Gasteiger partial charge < -0.3 is 16.2 Å². The molecule has 0 aliphatic carbocycles. The summed E-state index contributed by atoms with van der Waals surface area (Å²) in [5.41, 5.74) is 6.37. The molecule has 0 amide bonds. The second-order valence-corrected chi connectivity index (χ2v) is 8.00. The van der Waals surface area contributed by atoms with E-state index >= 15 is 0 Å². The maximum atomic E-state index is 11.5. The Kier molecular flexibility index (Phi) is 10.7. The van der Waals surface area contributed by atoms with Crippen molar-refractivity contribution in [2.24, 2.45) is 5.92 Å². The van der Waals surface area contributed by atoms with Gasteiger partial charge in [0, 0.05) is 11.8 Å². The number of aliphatic hydroxyl groups excluding tert-OH is 1. The highest BCUT2D eigenvalue weighted by atomic mass is 32.2. The minimum absolute atomic E-state index is 0.159. The fraction of sp³-hybridized carbons (Fsp3) is 0.750. The first kappa shape index (κ1) is 21.8. The van der Waals surface area contributed by atoms with Crippen LogP contribution >= 0.6 is 11.8 Å². The molecule has 0 aromatic carbocycles. The van der Waals surface area contributed by atoms with Crippen molar-refractivity contribution in [3.8, 4) is 0 Å². The van der Waals surface area contributed by atoms with Gasteiger partial charge in [0.15, 0.2) is 0 Å². The SMILES string of the molecule is CC(C)SC(C)CO.CCC(C)CNc1c(C)nc(N)[nH]c1=O. The highest BCUT2D eigenvalue weighted by Crippen LogP contribution is 2.15. The summed E-state index contributed by atoms with van der Waals surface area (Å²) in [5.74, 6) is 0.688. The van der Waals surface area contributed by atoms with Gasteiger partial charge in [0.1, 0.15) is 5.69 Å². The van der Waals surface area contributed by atoms with Gasteiger partial charge in [-0.05, 0) is 18.1 Å². The normalized spacial score (nSPS) is 13.2. The number of aryl methyl sites for hydroxylation is 1. The highest BCUT2D eigenvalue weighted by molar-refractivity contribution is 8.00. The molecule has 134 valence electrons. The first-order chi connectivity index (χ1) is 10.7. The average molecular weight is 345 g/mol. The Morgan fingerprint density at radius 2 is 1.96 bits per heavy atom. The number of nitrogens with zero attached hydrogens (tertiary/aromatic N) is 1. The number of nitrogens with one attached hydrogen (secondary N) is 2. The molecular weight excluding hydrogens is 312 g/mol. The van der Waals surface area contributed by atoms with Crippen LogP contribution in [-0.2, 0) is 0 Å². The molecule has 1 heterocycles. The van der Waals surface area contributed by atoms with Gasteiger partial charge in [-0.3, -0.25) is 9.78 Å². The Labute approximate surface area is 143 Å². The third-order valence-electron chi connectivity index (χ3n) is 3.20. The van der Waals surface area contributed by atoms with E-state index in [1.807, 2.05) is 6.92 Å². The Bertz CT molecular complexity index is 505. The second-order valence-electron chi connectivity index (χ2n) is 5.98. The first-order valence-electron chi connectivity index (χ1n) is 8.07. The zero-order valence-corrected chi connectivity index (χ0v) is 16.0. The van der Waals surface area contributed by atoms with Crippen LogP contribution in [0, 0.1) is 12.8 Å². The van der Waals surface area contributed by atoms with Crippen LogP contribution in [0.2, 0.25) is 0 Å². The van der Waals surface area contributed by atoms with Gasteiger partial charge in [0.2, 0.25) is 5.95 Å². The lowest BCUT2D eigenvalue weighted by Crippen LogP contribution is -2.21. The summed E-state index contributed by atoms with van der Waals surface area (Å²) in [7, 11) is 0. The van der Waals surface area contributed by atoms with Crippen LogP contribution in [0.15, 0.2) is 4.79 Å². The molecule has 2 atom stereocenters. The van der Waals surface area contributed by atoms with Crippen molar-refractivity contribution in [3.63, 3.8) is 0 Å². The number of aromatic nitrogens is 2. The lowest BCUT2D eigenvalue weighted by molar-refractivity contribution is 0.300. The second kappa shape index (κ2) is 11.3. The molecule has 7 heteroatoms. The lowest BCUT2D eigenvalue weighted by Gasteiger charge is -2.12. The van der Waals surface area contributed by atoms with Crippen LogP contribution in [0.4, 0.5) is 11.6 Å². The van der Waals surface area contributed by atoms with E-state index in [9.17, 15) is 4.79 Å². The summed E-state index contributed by atoms with van der Waals surface area (Å²) in [4.78, 5) is 18.0. The quantitative estimate of drug-likeness (QED) is 0.606. The molecule has 0 spiro atoms. The summed E-state index contributed by atoms with van der Waals surface area (Å²) in [6, 6.07) is 0. The van der Waals surface area contributed by atoms with E-state index in [1.165, 1.54) is 0 Å². The number of nitrogens with two attached hydrogens (primary N) is 1. The van der Waals surface area contributed by atoms with Gasteiger partial charge in [-0.1, -0.05) is 41.0 Å². The Hall–Kier alpha value is -1.21. The molecular formula is C16H32N4O2S. The number of thioether (sulfide) groups is 1. The molecule has 5 N–H and O–H groups in total. The summed E-state index contributed by atoms with van der Waals surface area (Å²) < 4.78 is 0. The molecule has 1 rings (SSSR count). The summed E-state index contributed by atoms with van der Waals surface area (Å²) in [5, 5.41) is 12.7. The molecule has 0 saturated carbocycles. The highest BCUT2D eigenvalue weighted by Gasteiger charge is 2.07. The summed E-state index contributed by atoms with van der Waals surface area (Å²) >= 11 is 1.80. The largest absolute Gasteiger partial charge is 0.395 e. The number of H-pyrrole nitrogens is 1. The van der Waals surface area contributed by atoms with Gasteiger partial charge >= 0.3 is 0 Å². The number of hydrogen-bond donors (Lipinski definition) is 4. The molecule has 0 bridgehead atoms. The van der Waals surface area contributed by atoms with Gasteiger partial charge in [-0.2, -0.15) is 11.8 Å².